The minimum absolute atomic E-state index is 0.102. The van der Waals surface area contributed by atoms with Crippen LogP contribution in [-0.2, 0) is 16.1 Å². The number of tetrazole rings is 1. The molecule has 0 atom stereocenters. The van der Waals surface area contributed by atoms with Crippen molar-refractivity contribution in [3.8, 4) is 28.6 Å². The van der Waals surface area contributed by atoms with Crippen LogP contribution in [0.15, 0.2) is 12.1 Å². The number of rotatable bonds is 6. The first kappa shape index (κ1) is 15.5. The van der Waals surface area contributed by atoms with Crippen molar-refractivity contribution in [1.82, 2.24) is 20.2 Å². The predicted octanol–water partition coefficient (Wildman–Crippen LogP) is 0.539. The molecule has 1 aromatic carbocycles. The minimum Gasteiger partial charge on any atom is -0.493 e. The van der Waals surface area contributed by atoms with E-state index < -0.39 is 5.97 Å². The third-order valence-electron chi connectivity index (χ3n) is 2.96. The van der Waals surface area contributed by atoms with Crippen molar-refractivity contribution in [1.29, 1.82) is 0 Å². The van der Waals surface area contributed by atoms with E-state index in [1.54, 1.807) is 12.1 Å². The van der Waals surface area contributed by atoms with E-state index in [0.717, 1.165) is 0 Å². The Morgan fingerprint density at radius 1 is 1.09 bits per heavy atom. The van der Waals surface area contributed by atoms with E-state index in [1.807, 2.05) is 0 Å². The van der Waals surface area contributed by atoms with Gasteiger partial charge in [-0.25, -0.2) is 4.68 Å². The molecule has 9 heteroatoms. The van der Waals surface area contributed by atoms with Crippen molar-refractivity contribution in [2.24, 2.45) is 0 Å². The Kier molecular flexibility index (Phi) is 4.77. The fourth-order valence-corrected chi connectivity index (χ4v) is 1.91. The number of methoxy groups -OCH3 is 4. The molecule has 0 radical (unpaired) electrons. The lowest BCUT2D eigenvalue weighted by atomic mass is 10.1. The molecule has 0 saturated heterocycles. The SMILES string of the molecule is COC(=O)Cn1nnnc1-c1cc(OC)c(OC)c(OC)c1. The number of esters is 1. The van der Waals surface area contributed by atoms with E-state index in [2.05, 4.69) is 20.3 Å². The zero-order chi connectivity index (χ0) is 16.1. The molecule has 0 saturated carbocycles. The zero-order valence-corrected chi connectivity index (χ0v) is 12.7. The largest absolute Gasteiger partial charge is 0.493 e. The lowest BCUT2D eigenvalue weighted by Gasteiger charge is -2.13. The summed E-state index contributed by atoms with van der Waals surface area (Å²) in [4.78, 5) is 11.4. The molecule has 1 aromatic heterocycles. The molecule has 118 valence electrons. The summed E-state index contributed by atoms with van der Waals surface area (Å²) < 4.78 is 21.8. The Balaban J connectivity index is 2.49. The topological polar surface area (TPSA) is 97.6 Å². The smallest absolute Gasteiger partial charge is 0.327 e. The van der Waals surface area contributed by atoms with Crippen LogP contribution in [0.25, 0.3) is 11.4 Å². The molecule has 9 nitrogen and oxygen atoms in total. The molecule has 0 amide bonds. The van der Waals surface area contributed by atoms with Gasteiger partial charge in [-0.15, -0.1) is 5.10 Å². The second kappa shape index (κ2) is 6.74. The fraction of sp³-hybridized carbons (Fsp3) is 0.385. The van der Waals surface area contributed by atoms with Crippen LogP contribution in [0.2, 0.25) is 0 Å². The van der Waals surface area contributed by atoms with Crippen LogP contribution < -0.4 is 14.2 Å². The number of ether oxygens (including phenoxy) is 4. The Hall–Kier alpha value is -2.84. The molecule has 0 bridgehead atoms. The molecule has 1 heterocycles. The molecule has 0 fully saturated rings. The molecule has 0 unspecified atom stereocenters. The van der Waals surface area contributed by atoms with Crippen LogP contribution in [0.1, 0.15) is 0 Å². The molecule has 0 aliphatic rings. The van der Waals surface area contributed by atoms with Gasteiger partial charge in [0.1, 0.15) is 6.54 Å². The third-order valence-corrected chi connectivity index (χ3v) is 2.96. The molecule has 0 aliphatic carbocycles. The Bertz CT molecular complexity index is 645. The maximum Gasteiger partial charge on any atom is 0.327 e. The van der Waals surface area contributed by atoms with E-state index >= 15 is 0 Å². The van der Waals surface area contributed by atoms with Crippen LogP contribution in [0.3, 0.4) is 0 Å². The quantitative estimate of drug-likeness (QED) is 0.713. The van der Waals surface area contributed by atoms with E-state index in [-0.39, 0.29) is 6.54 Å². The van der Waals surface area contributed by atoms with Crippen molar-refractivity contribution < 1.29 is 23.7 Å². The van der Waals surface area contributed by atoms with Gasteiger partial charge >= 0.3 is 5.97 Å². The lowest BCUT2D eigenvalue weighted by molar-refractivity contribution is -0.141. The number of benzene rings is 1. The van der Waals surface area contributed by atoms with Crippen molar-refractivity contribution in [3.05, 3.63) is 12.1 Å². The lowest BCUT2D eigenvalue weighted by Crippen LogP contribution is -2.14. The van der Waals surface area contributed by atoms with Crippen molar-refractivity contribution in [2.45, 2.75) is 6.54 Å². The summed E-state index contributed by atoms with van der Waals surface area (Å²) in [5.74, 6) is 1.31. The molecular formula is C13H16N4O5. The highest BCUT2D eigenvalue weighted by molar-refractivity contribution is 5.71. The maximum absolute atomic E-state index is 11.4. The molecule has 2 rings (SSSR count). The number of aromatic nitrogens is 4. The van der Waals surface area contributed by atoms with E-state index in [0.29, 0.717) is 28.6 Å². The molecular weight excluding hydrogens is 292 g/mol. The van der Waals surface area contributed by atoms with Gasteiger partial charge in [-0.05, 0) is 22.6 Å². The van der Waals surface area contributed by atoms with Gasteiger partial charge in [-0.2, -0.15) is 0 Å². The summed E-state index contributed by atoms with van der Waals surface area (Å²) in [5, 5.41) is 11.3. The highest BCUT2D eigenvalue weighted by atomic mass is 16.5. The summed E-state index contributed by atoms with van der Waals surface area (Å²) in [6.07, 6.45) is 0. The summed E-state index contributed by atoms with van der Waals surface area (Å²) >= 11 is 0. The van der Waals surface area contributed by atoms with E-state index in [9.17, 15) is 4.79 Å². The molecule has 2 aromatic rings. The van der Waals surface area contributed by atoms with Crippen LogP contribution in [0.5, 0.6) is 17.2 Å². The van der Waals surface area contributed by atoms with Crippen LogP contribution in [-0.4, -0.2) is 54.6 Å². The van der Waals surface area contributed by atoms with Gasteiger partial charge < -0.3 is 18.9 Å². The average Bonchev–Trinajstić information content (AvgIpc) is 3.01. The highest BCUT2D eigenvalue weighted by Gasteiger charge is 2.18. The first-order valence-electron chi connectivity index (χ1n) is 6.28. The summed E-state index contributed by atoms with van der Waals surface area (Å²) in [7, 11) is 5.84. The normalized spacial score (nSPS) is 10.2. The number of nitrogens with zero attached hydrogens (tertiary/aromatic N) is 4. The first-order valence-corrected chi connectivity index (χ1v) is 6.28. The number of hydrogen-bond donors (Lipinski definition) is 0. The maximum atomic E-state index is 11.4. The third kappa shape index (κ3) is 2.92. The molecule has 0 N–H and O–H groups in total. The van der Waals surface area contributed by atoms with Crippen molar-refractivity contribution >= 4 is 5.97 Å². The summed E-state index contributed by atoms with van der Waals surface area (Å²) in [6.45, 7) is -0.102. The van der Waals surface area contributed by atoms with Crippen LogP contribution in [0.4, 0.5) is 0 Å². The van der Waals surface area contributed by atoms with Gasteiger partial charge in [0.25, 0.3) is 0 Å². The molecule has 22 heavy (non-hydrogen) atoms. The summed E-state index contributed by atoms with van der Waals surface area (Å²) in [5.41, 5.74) is 0.614. The zero-order valence-electron chi connectivity index (χ0n) is 12.7. The van der Waals surface area contributed by atoms with E-state index in [1.165, 1.54) is 33.1 Å². The predicted molar refractivity (Wildman–Crippen MR) is 74.9 cm³/mol. The molecule has 0 spiro atoms. The Morgan fingerprint density at radius 3 is 2.23 bits per heavy atom. The fourth-order valence-electron chi connectivity index (χ4n) is 1.91. The van der Waals surface area contributed by atoms with Crippen LogP contribution in [0, 0.1) is 0 Å². The van der Waals surface area contributed by atoms with E-state index in [4.69, 9.17) is 14.2 Å². The summed E-state index contributed by atoms with van der Waals surface area (Å²) in [6, 6.07) is 3.39. The van der Waals surface area contributed by atoms with Gasteiger partial charge in [0.2, 0.25) is 5.75 Å². The number of hydrogen-bond acceptors (Lipinski definition) is 8. The van der Waals surface area contributed by atoms with Gasteiger partial charge in [0, 0.05) is 5.56 Å². The second-order valence-corrected chi connectivity index (χ2v) is 4.15. The van der Waals surface area contributed by atoms with Gasteiger partial charge in [0.15, 0.2) is 17.3 Å². The van der Waals surface area contributed by atoms with Crippen LogP contribution >= 0.6 is 0 Å². The van der Waals surface area contributed by atoms with Crippen molar-refractivity contribution in [3.63, 3.8) is 0 Å². The Morgan fingerprint density at radius 2 is 1.73 bits per heavy atom. The minimum atomic E-state index is -0.457. The van der Waals surface area contributed by atoms with Gasteiger partial charge in [0.05, 0.1) is 28.4 Å². The standard InChI is InChI=1S/C13H16N4O5/c1-19-9-5-8(6-10(20-2)12(9)22-4)13-14-15-16-17(13)7-11(18)21-3/h5-6H,7H2,1-4H3. The monoisotopic (exact) mass is 308 g/mol. The molecule has 0 aliphatic heterocycles. The first-order chi connectivity index (χ1) is 10.6. The average molecular weight is 308 g/mol. The highest BCUT2D eigenvalue weighted by Crippen LogP contribution is 2.40. The van der Waals surface area contributed by atoms with Crippen molar-refractivity contribution in [2.75, 3.05) is 28.4 Å². The van der Waals surface area contributed by atoms with Gasteiger partial charge in [-0.1, -0.05) is 0 Å². The Labute approximate surface area is 126 Å². The van der Waals surface area contributed by atoms with Gasteiger partial charge in [-0.3, -0.25) is 4.79 Å². The second-order valence-electron chi connectivity index (χ2n) is 4.15. The number of carbonyl (C=O) groups is 1. The number of carbonyl (C=O) groups excluding carboxylic acids is 1.